The molecule has 1 saturated heterocycles. The number of anilines is 1. The zero-order valence-electron chi connectivity index (χ0n) is 16.8. The van der Waals surface area contributed by atoms with Crippen LogP contribution in [0.4, 0.5) is 5.82 Å². The molecule has 1 fully saturated rings. The number of methoxy groups -OCH3 is 1. The summed E-state index contributed by atoms with van der Waals surface area (Å²) in [6, 6.07) is 12.4. The van der Waals surface area contributed by atoms with Crippen molar-refractivity contribution in [2.45, 2.75) is 6.10 Å². The molecule has 0 unspecified atom stereocenters. The molecule has 1 amide bonds. The van der Waals surface area contributed by atoms with Gasteiger partial charge < -0.3 is 19.3 Å². The molecule has 0 radical (unpaired) electrons. The van der Waals surface area contributed by atoms with Gasteiger partial charge in [0.05, 0.1) is 26.1 Å². The van der Waals surface area contributed by atoms with E-state index in [1.165, 1.54) is 11.1 Å². The summed E-state index contributed by atoms with van der Waals surface area (Å²) in [6.45, 7) is 1.93. The van der Waals surface area contributed by atoms with Gasteiger partial charge in [-0.1, -0.05) is 18.2 Å². The molecule has 0 saturated carbocycles. The van der Waals surface area contributed by atoms with E-state index in [4.69, 9.17) is 9.47 Å². The van der Waals surface area contributed by atoms with Crippen LogP contribution < -0.4 is 9.64 Å². The Morgan fingerprint density at radius 1 is 1.17 bits per heavy atom. The molecule has 7 heteroatoms. The molecule has 0 spiro atoms. The third-order valence-corrected chi connectivity index (χ3v) is 5.08. The number of carbonyl (C=O) groups is 1. The Balaban J connectivity index is 1.56. The van der Waals surface area contributed by atoms with Gasteiger partial charge in [0, 0.05) is 27.2 Å². The van der Waals surface area contributed by atoms with E-state index >= 15 is 0 Å². The van der Waals surface area contributed by atoms with Crippen molar-refractivity contribution in [1.29, 1.82) is 0 Å². The van der Waals surface area contributed by atoms with Crippen LogP contribution in [0.25, 0.3) is 10.8 Å². The highest BCUT2D eigenvalue weighted by Crippen LogP contribution is 2.29. The monoisotopic (exact) mass is 392 g/mol. The highest BCUT2D eigenvalue weighted by atomic mass is 16.5. The normalized spacial score (nSPS) is 16.7. The van der Waals surface area contributed by atoms with Gasteiger partial charge in [-0.05, 0) is 34.5 Å². The minimum absolute atomic E-state index is 0.0785. The van der Waals surface area contributed by atoms with Crippen molar-refractivity contribution in [3.63, 3.8) is 0 Å². The molecule has 150 valence electrons. The molecule has 0 aliphatic carbocycles. The molecule has 0 bridgehead atoms. The van der Waals surface area contributed by atoms with Gasteiger partial charge in [0.15, 0.2) is 0 Å². The lowest BCUT2D eigenvalue weighted by Crippen LogP contribution is -2.39. The lowest BCUT2D eigenvalue weighted by Gasteiger charge is -2.34. The third kappa shape index (κ3) is 4.00. The number of hydrogen-bond acceptors (Lipinski definition) is 6. The molecule has 29 heavy (non-hydrogen) atoms. The van der Waals surface area contributed by atoms with E-state index in [2.05, 4.69) is 39.1 Å². The Morgan fingerprint density at radius 3 is 2.76 bits per heavy atom. The highest BCUT2D eigenvalue weighted by Gasteiger charge is 2.24. The quantitative estimate of drug-likeness (QED) is 0.680. The van der Waals surface area contributed by atoms with Crippen LogP contribution >= 0.6 is 0 Å². The maximum atomic E-state index is 12.2. The molecule has 7 nitrogen and oxygen atoms in total. The lowest BCUT2D eigenvalue weighted by molar-refractivity contribution is 0.0396. The van der Waals surface area contributed by atoms with E-state index in [1.54, 1.807) is 27.4 Å². The van der Waals surface area contributed by atoms with Crippen LogP contribution in [0.2, 0.25) is 0 Å². The number of ether oxygens (including phenoxy) is 2. The van der Waals surface area contributed by atoms with Crippen LogP contribution in [-0.2, 0) is 4.74 Å². The van der Waals surface area contributed by atoms with Gasteiger partial charge in [-0.25, -0.2) is 4.98 Å². The van der Waals surface area contributed by atoms with Gasteiger partial charge in [-0.3, -0.25) is 9.78 Å². The van der Waals surface area contributed by atoms with Crippen LogP contribution in [-0.4, -0.2) is 61.7 Å². The molecule has 0 N–H and O–H groups in total. The average molecular weight is 392 g/mol. The number of morpholine rings is 1. The van der Waals surface area contributed by atoms with E-state index < -0.39 is 0 Å². The summed E-state index contributed by atoms with van der Waals surface area (Å²) < 4.78 is 11.3. The number of benzene rings is 2. The van der Waals surface area contributed by atoms with E-state index in [0.717, 1.165) is 22.1 Å². The second-order valence-electron chi connectivity index (χ2n) is 7.24. The largest absolute Gasteiger partial charge is 0.497 e. The van der Waals surface area contributed by atoms with Gasteiger partial charge in [0.1, 0.15) is 23.4 Å². The lowest BCUT2D eigenvalue weighted by atomic mass is 10.0. The first kappa shape index (κ1) is 19.1. The number of carbonyl (C=O) groups excluding carboxylic acids is 1. The standard InChI is InChI=1S/C22H24N4O3/c1-25(2)22(27)19-12-23-13-21(24-19)26-8-9-29-20(14-26)17-5-4-16-11-18(28-3)7-6-15(16)10-17/h4-7,10-13,20H,8-9,14H2,1-3H3/t20-/m0/s1. The fourth-order valence-electron chi connectivity index (χ4n) is 3.47. The first-order chi connectivity index (χ1) is 14.0. The Kier molecular flexibility index (Phi) is 5.31. The van der Waals surface area contributed by atoms with Crippen molar-refractivity contribution in [3.05, 3.63) is 60.0 Å². The molecule has 1 atom stereocenters. The number of fused-ring (bicyclic) bond motifs is 1. The van der Waals surface area contributed by atoms with Crippen molar-refractivity contribution < 1.29 is 14.3 Å². The van der Waals surface area contributed by atoms with Crippen LogP contribution in [0.1, 0.15) is 22.2 Å². The van der Waals surface area contributed by atoms with E-state index in [0.29, 0.717) is 31.2 Å². The molecule has 1 aliphatic heterocycles. The van der Waals surface area contributed by atoms with E-state index in [1.807, 2.05) is 12.1 Å². The first-order valence-electron chi connectivity index (χ1n) is 9.53. The predicted molar refractivity (Wildman–Crippen MR) is 111 cm³/mol. The van der Waals surface area contributed by atoms with Crippen LogP contribution in [0.3, 0.4) is 0 Å². The van der Waals surface area contributed by atoms with Crippen molar-refractivity contribution in [2.24, 2.45) is 0 Å². The van der Waals surface area contributed by atoms with Crippen LogP contribution in [0, 0.1) is 0 Å². The SMILES string of the molecule is COc1ccc2cc([C@@H]3CN(c4cncc(C(=O)N(C)C)n4)CCO3)ccc2c1. The summed E-state index contributed by atoms with van der Waals surface area (Å²) in [5.74, 6) is 1.38. The molecular weight excluding hydrogens is 368 g/mol. The molecule has 1 aromatic heterocycles. The second-order valence-corrected chi connectivity index (χ2v) is 7.24. The number of nitrogens with zero attached hydrogens (tertiary/aromatic N) is 4. The van der Waals surface area contributed by atoms with E-state index in [9.17, 15) is 4.79 Å². The Morgan fingerprint density at radius 2 is 1.97 bits per heavy atom. The van der Waals surface area contributed by atoms with Gasteiger partial charge in [0.25, 0.3) is 5.91 Å². The molecule has 4 rings (SSSR count). The molecule has 1 aliphatic rings. The first-order valence-corrected chi connectivity index (χ1v) is 9.53. The molecule has 2 aromatic carbocycles. The second kappa shape index (κ2) is 8.05. The minimum Gasteiger partial charge on any atom is -0.497 e. The number of rotatable bonds is 4. The summed E-state index contributed by atoms with van der Waals surface area (Å²) in [7, 11) is 5.08. The van der Waals surface area contributed by atoms with Crippen molar-refractivity contribution in [2.75, 3.05) is 45.8 Å². The van der Waals surface area contributed by atoms with E-state index in [-0.39, 0.29) is 12.0 Å². The van der Waals surface area contributed by atoms with Gasteiger partial charge >= 0.3 is 0 Å². The zero-order valence-corrected chi connectivity index (χ0v) is 16.8. The van der Waals surface area contributed by atoms with Crippen LogP contribution in [0.5, 0.6) is 5.75 Å². The van der Waals surface area contributed by atoms with Crippen LogP contribution in [0.15, 0.2) is 48.8 Å². The van der Waals surface area contributed by atoms with Crippen molar-refractivity contribution in [3.8, 4) is 5.75 Å². The highest BCUT2D eigenvalue weighted by molar-refractivity contribution is 5.92. The van der Waals surface area contributed by atoms with Crippen molar-refractivity contribution >= 4 is 22.5 Å². The Bertz CT molecular complexity index is 1040. The topological polar surface area (TPSA) is 67.8 Å². The summed E-state index contributed by atoms with van der Waals surface area (Å²) >= 11 is 0. The average Bonchev–Trinajstić information content (AvgIpc) is 2.78. The third-order valence-electron chi connectivity index (χ3n) is 5.08. The summed E-state index contributed by atoms with van der Waals surface area (Å²) in [4.78, 5) is 24.6. The van der Waals surface area contributed by atoms with Gasteiger partial charge in [0.2, 0.25) is 0 Å². The number of amides is 1. The number of aromatic nitrogens is 2. The van der Waals surface area contributed by atoms with Gasteiger partial charge in [-0.15, -0.1) is 0 Å². The predicted octanol–water partition coefficient (Wildman–Crippen LogP) is 2.92. The molecule has 3 aromatic rings. The molecular formula is C22H24N4O3. The van der Waals surface area contributed by atoms with Crippen molar-refractivity contribution in [1.82, 2.24) is 14.9 Å². The fourth-order valence-corrected chi connectivity index (χ4v) is 3.47. The fraction of sp³-hybridized carbons (Fsp3) is 0.318. The zero-order chi connectivity index (χ0) is 20.4. The smallest absolute Gasteiger partial charge is 0.273 e. The number of hydrogen-bond donors (Lipinski definition) is 0. The minimum atomic E-state index is -0.158. The Labute approximate surface area is 169 Å². The summed E-state index contributed by atoms with van der Waals surface area (Å²) in [5, 5.41) is 2.27. The Hall–Kier alpha value is -3.19. The van der Waals surface area contributed by atoms with Gasteiger partial charge in [-0.2, -0.15) is 0 Å². The maximum Gasteiger partial charge on any atom is 0.273 e. The molecule has 2 heterocycles. The summed E-state index contributed by atoms with van der Waals surface area (Å²) in [5.41, 5.74) is 1.45. The maximum absolute atomic E-state index is 12.2. The summed E-state index contributed by atoms with van der Waals surface area (Å²) in [6.07, 6.45) is 3.12.